The maximum atomic E-state index is 12.5. The number of nitrogens with zero attached hydrogens (tertiary/aromatic N) is 2. The number of amides is 1. The van der Waals surface area contributed by atoms with E-state index in [1.165, 1.54) is 10.4 Å². The molecule has 1 aliphatic heterocycles. The van der Waals surface area contributed by atoms with Crippen LogP contribution < -0.4 is 16.0 Å². The second-order valence-electron chi connectivity index (χ2n) is 6.99. The number of hydrogen-bond acceptors (Lipinski definition) is 8. The Balaban J connectivity index is 1.59. The maximum absolute atomic E-state index is 12.5. The van der Waals surface area contributed by atoms with Gasteiger partial charge in [0.15, 0.2) is 0 Å². The molecule has 0 unspecified atom stereocenters. The molecule has 9 heteroatoms. The molecule has 0 radical (unpaired) electrons. The van der Waals surface area contributed by atoms with Crippen molar-refractivity contribution < 1.29 is 9.53 Å². The Morgan fingerprint density at radius 1 is 1.34 bits per heavy atom. The van der Waals surface area contributed by atoms with Crippen molar-refractivity contribution in [1.82, 2.24) is 20.6 Å². The summed E-state index contributed by atoms with van der Waals surface area (Å²) in [6.45, 7) is 5.79. The van der Waals surface area contributed by atoms with Crippen molar-refractivity contribution in [2.75, 3.05) is 38.7 Å². The zero-order valence-corrected chi connectivity index (χ0v) is 18.3. The molecule has 4 heterocycles. The number of hydrogen-bond donors (Lipinski definition) is 3. The van der Waals surface area contributed by atoms with Gasteiger partial charge in [-0.1, -0.05) is 0 Å². The summed E-state index contributed by atoms with van der Waals surface area (Å²) in [4.78, 5) is 23.0. The van der Waals surface area contributed by atoms with Gasteiger partial charge in [-0.25, -0.2) is 4.98 Å². The van der Waals surface area contributed by atoms with Crippen LogP contribution in [-0.2, 0) is 22.5 Å². The van der Waals surface area contributed by atoms with Crippen molar-refractivity contribution in [3.63, 3.8) is 0 Å². The number of anilines is 1. The Hall–Kier alpha value is -1.91. The van der Waals surface area contributed by atoms with Crippen LogP contribution >= 0.6 is 22.7 Å². The molecular formula is C20H25N5O2S2. The molecule has 3 aromatic heterocycles. The molecule has 0 saturated carbocycles. The minimum atomic E-state index is 0.0151. The summed E-state index contributed by atoms with van der Waals surface area (Å²) >= 11 is 3.33. The summed E-state index contributed by atoms with van der Waals surface area (Å²) in [5.74, 6) is 0.0151. The first-order chi connectivity index (χ1) is 14.2. The first-order valence-electron chi connectivity index (χ1n) is 9.74. The second-order valence-corrected chi connectivity index (χ2v) is 9.12. The van der Waals surface area contributed by atoms with Crippen LogP contribution in [0.3, 0.4) is 0 Å². The van der Waals surface area contributed by atoms with Gasteiger partial charge >= 0.3 is 0 Å². The predicted octanol–water partition coefficient (Wildman–Crippen LogP) is 2.94. The highest BCUT2D eigenvalue weighted by molar-refractivity contribution is 7.22. The van der Waals surface area contributed by atoms with Gasteiger partial charge < -0.3 is 20.7 Å². The van der Waals surface area contributed by atoms with E-state index in [-0.39, 0.29) is 5.91 Å². The smallest absolute Gasteiger partial charge is 0.226 e. The fourth-order valence-corrected chi connectivity index (χ4v) is 5.79. The lowest BCUT2D eigenvalue weighted by atomic mass is 10.0. The van der Waals surface area contributed by atoms with E-state index in [4.69, 9.17) is 9.72 Å². The van der Waals surface area contributed by atoms with Crippen LogP contribution in [0.2, 0.25) is 0 Å². The Kier molecular flexibility index (Phi) is 6.51. The van der Waals surface area contributed by atoms with Crippen LogP contribution in [0.5, 0.6) is 0 Å². The van der Waals surface area contributed by atoms with Gasteiger partial charge in [0, 0.05) is 49.3 Å². The van der Waals surface area contributed by atoms with Crippen molar-refractivity contribution >= 4 is 43.8 Å². The van der Waals surface area contributed by atoms with Crippen molar-refractivity contribution in [3.8, 4) is 10.6 Å². The molecule has 0 fully saturated rings. The number of rotatable bonds is 8. The molecule has 1 aliphatic rings. The summed E-state index contributed by atoms with van der Waals surface area (Å²) in [7, 11) is 1.67. The van der Waals surface area contributed by atoms with E-state index >= 15 is 0 Å². The number of nitrogens with one attached hydrogen (secondary N) is 3. The van der Waals surface area contributed by atoms with Crippen molar-refractivity contribution in [2.24, 2.45) is 0 Å². The fraction of sp³-hybridized carbons (Fsp3) is 0.450. The second kappa shape index (κ2) is 9.27. The Morgan fingerprint density at radius 2 is 2.24 bits per heavy atom. The van der Waals surface area contributed by atoms with Gasteiger partial charge in [0.1, 0.15) is 15.5 Å². The van der Waals surface area contributed by atoms with Gasteiger partial charge in [0.2, 0.25) is 5.91 Å². The van der Waals surface area contributed by atoms with Crippen molar-refractivity contribution in [1.29, 1.82) is 0 Å². The minimum Gasteiger partial charge on any atom is -0.383 e. The first-order valence-corrected chi connectivity index (χ1v) is 11.4. The standard InChI is InChI=1S/C20H25N5O2S2/c1-12-9-15-14(10-23-12)24-19(28-15)18-13-3-5-22-11-16(13)29-20(18)25-17(26)4-6-21-7-8-27-2/h9-10,21-22H,3-8,11H2,1-2H3,(H,25,26). The number of aromatic nitrogens is 2. The lowest BCUT2D eigenvalue weighted by Gasteiger charge is -2.13. The molecule has 3 aromatic rings. The number of carbonyl (C=O) groups is 1. The highest BCUT2D eigenvalue weighted by Gasteiger charge is 2.25. The van der Waals surface area contributed by atoms with Crippen LogP contribution in [0, 0.1) is 6.92 Å². The first kappa shape index (κ1) is 20.4. The number of thiazole rings is 1. The van der Waals surface area contributed by atoms with E-state index in [9.17, 15) is 4.79 Å². The van der Waals surface area contributed by atoms with Gasteiger partial charge in [-0.2, -0.15) is 0 Å². The van der Waals surface area contributed by atoms with Crippen molar-refractivity contribution in [3.05, 3.63) is 28.4 Å². The van der Waals surface area contributed by atoms with E-state index in [1.54, 1.807) is 29.8 Å². The van der Waals surface area contributed by atoms with Gasteiger partial charge in [0.05, 0.1) is 17.5 Å². The number of ether oxygens (including phenoxy) is 1. The maximum Gasteiger partial charge on any atom is 0.226 e. The van der Waals surface area contributed by atoms with Gasteiger partial charge in [-0.05, 0) is 31.5 Å². The molecule has 154 valence electrons. The summed E-state index contributed by atoms with van der Waals surface area (Å²) in [6, 6.07) is 2.07. The average molecular weight is 432 g/mol. The molecule has 3 N–H and O–H groups in total. The normalized spacial score (nSPS) is 13.6. The SMILES string of the molecule is COCCNCCC(=O)Nc1sc2c(c1-c1nc3cnc(C)cc3s1)CCNC2. The van der Waals surface area contributed by atoms with Crippen LogP contribution in [0.1, 0.15) is 22.6 Å². The predicted molar refractivity (Wildman–Crippen MR) is 119 cm³/mol. The van der Waals surface area contributed by atoms with Crippen LogP contribution in [0.25, 0.3) is 20.8 Å². The Morgan fingerprint density at radius 3 is 3.10 bits per heavy atom. The molecular weight excluding hydrogens is 406 g/mol. The molecule has 0 bridgehead atoms. The van der Waals surface area contributed by atoms with E-state index in [0.717, 1.165) is 57.5 Å². The molecule has 29 heavy (non-hydrogen) atoms. The third-order valence-corrected chi connectivity index (χ3v) is 7.00. The molecule has 0 atom stereocenters. The minimum absolute atomic E-state index is 0.0151. The number of methoxy groups -OCH3 is 1. The van der Waals surface area contributed by atoms with Crippen molar-refractivity contribution in [2.45, 2.75) is 26.3 Å². The lowest BCUT2D eigenvalue weighted by molar-refractivity contribution is -0.116. The number of fused-ring (bicyclic) bond motifs is 2. The lowest BCUT2D eigenvalue weighted by Crippen LogP contribution is -2.24. The summed E-state index contributed by atoms with van der Waals surface area (Å²) < 4.78 is 6.14. The summed E-state index contributed by atoms with van der Waals surface area (Å²) in [5, 5.41) is 11.6. The molecule has 0 aliphatic carbocycles. The molecule has 7 nitrogen and oxygen atoms in total. The monoisotopic (exact) mass is 431 g/mol. The van der Waals surface area contributed by atoms with E-state index in [0.29, 0.717) is 19.6 Å². The largest absolute Gasteiger partial charge is 0.383 e. The Labute approximate surface area is 177 Å². The average Bonchev–Trinajstić information content (AvgIpc) is 3.27. The zero-order valence-electron chi connectivity index (χ0n) is 16.6. The molecule has 0 saturated heterocycles. The number of pyridine rings is 1. The van der Waals surface area contributed by atoms with Gasteiger partial charge in [0.25, 0.3) is 0 Å². The number of thiophene rings is 1. The molecule has 1 amide bonds. The van der Waals surface area contributed by atoms with Crippen LogP contribution in [-0.4, -0.2) is 49.2 Å². The number of aryl methyl sites for hydroxylation is 1. The summed E-state index contributed by atoms with van der Waals surface area (Å²) in [5.41, 5.74) is 4.29. The fourth-order valence-electron chi connectivity index (χ4n) is 3.38. The highest BCUT2D eigenvalue weighted by atomic mass is 32.1. The third kappa shape index (κ3) is 4.65. The van der Waals surface area contributed by atoms with Gasteiger partial charge in [-0.3, -0.25) is 9.78 Å². The highest BCUT2D eigenvalue weighted by Crippen LogP contribution is 2.44. The Bertz CT molecular complexity index is 1010. The van der Waals surface area contributed by atoms with Crippen LogP contribution in [0.4, 0.5) is 5.00 Å². The molecule has 4 rings (SSSR count). The van der Waals surface area contributed by atoms with Gasteiger partial charge in [-0.15, -0.1) is 22.7 Å². The molecule has 0 spiro atoms. The number of carbonyl (C=O) groups excluding carboxylic acids is 1. The quantitative estimate of drug-likeness (QED) is 0.475. The van der Waals surface area contributed by atoms with E-state index in [2.05, 4.69) is 27.0 Å². The zero-order chi connectivity index (χ0) is 20.2. The summed E-state index contributed by atoms with van der Waals surface area (Å²) in [6.07, 6.45) is 3.20. The topological polar surface area (TPSA) is 88.2 Å². The van der Waals surface area contributed by atoms with E-state index < -0.39 is 0 Å². The van der Waals surface area contributed by atoms with Crippen LogP contribution in [0.15, 0.2) is 12.3 Å². The molecule has 0 aromatic carbocycles. The third-order valence-electron chi connectivity index (χ3n) is 4.82. The van der Waals surface area contributed by atoms with E-state index in [1.807, 2.05) is 13.1 Å².